The van der Waals surface area contributed by atoms with Crippen LogP contribution < -0.4 is 5.32 Å². The van der Waals surface area contributed by atoms with E-state index in [1.165, 1.54) is 11.5 Å². The lowest BCUT2D eigenvalue weighted by atomic mass is 10.4. The summed E-state index contributed by atoms with van der Waals surface area (Å²) in [5.41, 5.74) is 0. The fourth-order valence-corrected chi connectivity index (χ4v) is 4.60. The molecule has 0 saturated carbocycles. The third kappa shape index (κ3) is 3.89. The minimum Gasteiger partial charge on any atom is -0.369 e. The molecule has 6 heteroatoms. The summed E-state index contributed by atoms with van der Waals surface area (Å²) in [6.45, 7) is 3.13. The molecule has 1 atom stereocenters. The predicted octanol–water partition coefficient (Wildman–Crippen LogP) is 3.42. The zero-order valence-electron chi connectivity index (χ0n) is 9.78. The molecule has 1 aliphatic heterocycles. The Morgan fingerprint density at radius 1 is 1.53 bits per heavy atom. The second-order valence-corrected chi connectivity index (χ2v) is 7.41. The third-order valence-electron chi connectivity index (χ3n) is 2.41. The average Bonchev–Trinajstić information content (AvgIpc) is 2.39. The molecule has 3 nitrogen and oxygen atoms in total. The molecular weight excluding hydrogens is 365 g/mol. The van der Waals surface area contributed by atoms with Crippen molar-refractivity contribution in [2.24, 2.45) is 0 Å². The van der Waals surface area contributed by atoms with E-state index in [0.29, 0.717) is 5.25 Å². The van der Waals surface area contributed by atoms with Gasteiger partial charge in [0, 0.05) is 30.0 Å². The van der Waals surface area contributed by atoms with Crippen molar-refractivity contribution in [3.05, 3.63) is 15.6 Å². The van der Waals surface area contributed by atoms with E-state index in [9.17, 15) is 0 Å². The van der Waals surface area contributed by atoms with Crippen molar-refractivity contribution < 1.29 is 0 Å². The molecule has 1 N–H and O–H groups in total. The molecule has 0 amide bonds. The van der Waals surface area contributed by atoms with E-state index < -0.39 is 0 Å². The van der Waals surface area contributed by atoms with Crippen molar-refractivity contribution in [2.75, 3.05) is 29.1 Å². The van der Waals surface area contributed by atoms with Crippen LogP contribution in [0.25, 0.3) is 0 Å². The van der Waals surface area contributed by atoms with Crippen molar-refractivity contribution in [1.29, 1.82) is 0 Å². The number of hydrogen-bond donors (Lipinski definition) is 1. The van der Waals surface area contributed by atoms with Crippen LogP contribution in [0.3, 0.4) is 0 Å². The summed E-state index contributed by atoms with van der Waals surface area (Å²) in [5.74, 6) is 5.59. The van der Waals surface area contributed by atoms with Gasteiger partial charge in [0.15, 0.2) is 0 Å². The zero-order chi connectivity index (χ0) is 12.1. The van der Waals surface area contributed by atoms with Gasteiger partial charge in [-0.2, -0.15) is 11.8 Å². The molecule has 0 aromatic carbocycles. The molecule has 1 unspecified atom stereocenters. The van der Waals surface area contributed by atoms with Crippen molar-refractivity contribution >= 4 is 51.9 Å². The van der Waals surface area contributed by atoms with Gasteiger partial charge < -0.3 is 5.32 Å². The Bertz CT molecular complexity index is 370. The van der Waals surface area contributed by atoms with E-state index in [-0.39, 0.29) is 0 Å². The number of halogens is 1. The summed E-state index contributed by atoms with van der Waals surface area (Å²) < 4.78 is 1.10. The molecule has 1 fully saturated rings. The number of anilines is 1. The van der Waals surface area contributed by atoms with Gasteiger partial charge in [0.2, 0.25) is 0 Å². The smallest absolute Gasteiger partial charge is 0.144 e. The van der Waals surface area contributed by atoms with Gasteiger partial charge >= 0.3 is 0 Å². The van der Waals surface area contributed by atoms with Gasteiger partial charge in [0.1, 0.15) is 11.6 Å². The van der Waals surface area contributed by atoms with Crippen LogP contribution in [0.5, 0.6) is 0 Å². The van der Waals surface area contributed by atoms with Crippen LogP contribution in [0, 0.1) is 3.57 Å². The molecule has 1 aromatic heterocycles. The van der Waals surface area contributed by atoms with Gasteiger partial charge in [-0.05, 0) is 29.0 Å². The Balaban J connectivity index is 2.11. The molecule has 1 aliphatic rings. The summed E-state index contributed by atoms with van der Waals surface area (Å²) in [6, 6.07) is 0. The van der Waals surface area contributed by atoms with Gasteiger partial charge in [-0.3, -0.25) is 0 Å². The number of nitrogens with one attached hydrogen (secondary N) is 1. The highest BCUT2D eigenvalue weighted by Gasteiger charge is 2.20. The Morgan fingerprint density at radius 2 is 2.41 bits per heavy atom. The molecule has 1 aromatic rings. The normalized spacial score (nSPS) is 20.2. The second-order valence-electron chi connectivity index (χ2n) is 3.79. The first-order valence-corrected chi connectivity index (χ1v) is 9.05. The third-order valence-corrected chi connectivity index (χ3v) is 5.95. The lowest BCUT2D eigenvalue weighted by molar-refractivity contribution is 0.901. The van der Waals surface area contributed by atoms with Crippen LogP contribution in [0.4, 0.5) is 5.82 Å². The molecule has 2 heterocycles. The Kier molecular flexibility index (Phi) is 5.68. The van der Waals surface area contributed by atoms with E-state index >= 15 is 0 Å². The summed E-state index contributed by atoms with van der Waals surface area (Å²) in [6.07, 6.45) is 3.05. The first-order valence-electron chi connectivity index (χ1n) is 5.77. The maximum atomic E-state index is 4.67. The molecule has 94 valence electrons. The highest BCUT2D eigenvalue weighted by Crippen LogP contribution is 2.35. The quantitative estimate of drug-likeness (QED) is 0.809. The highest BCUT2D eigenvalue weighted by atomic mass is 127. The number of thioether (sulfide) groups is 2. The summed E-state index contributed by atoms with van der Waals surface area (Å²) in [5, 5.41) is 3.83. The lowest BCUT2D eigenvalue weighted by Gasteiger charge is -2.20. The van der Waals surface area contributed by atoms with Crippen LogP contribution >= 0.6 is 46.1 Å². The van der Waals surface area contributed by atoms with E-state index in [2.05, 4.69) is 44.8 Å². The Morgan fingerprint density at radius 3 is 3.12 bits per heavy atom. The monoisotopic (exact) mass is 381 g/mol. The summed E-state index contributed by atoms with van der Waals surface area (Å²) in [4.78, 5) is 9.15. The van der Waals surface area contributed by atoms with Crippen LogP contribution in [0.1, 0.15) is 24.4 Å². The largest absolute Gasteiger partial charge is 0.369 e. The molecule has 17 heavy (non-hydrogen) atoms. The Hall–Kier alpha value is 0.310. The van der Waals surface area contributed by atoms with Gasteiger partial charge in [-0.1, -0.05) is 6.92 Å². The molecule has 0 radical (unpaired) electrons. The fourth-order valence-electron chi connectivity index (χ4n) is 1.54. The van der Waals surface area contributed by atoms with E-state index in [1.54, 1.807) is 0 Å². The van der Waals surface area contributed by atoms with Crippen LogP contribution in [0.2, 0.25) is 0 Å². The van der Waals surface area contributed by atoms with Crippen LogP contribution in [-0.4, -0.2) is 33.8 Å². The summed E-state index contributed by atoms with van der Waals surface area (Å²) >= 11 is 6.27. The average molecular weight is 381 g/mol. The minimum absolute atomic E-state index is 0.466. The standard InChI is InChI=1S/C11H16IN3S2/c1-2-3-13-10-8(12)6-14-11(15-10)9-7-16-4-5-17-9/h6,9H,2-5,7H2,1H3,(H,13,14,15). The first kappa shape index (κ1) is 13.7. The molecule has 1 saturated heterocycles. The Labute approximate surface area is 124 Å². The topological polar surface area (TPSA) is 37.8 Å². The first-order chi connectivity index (χ1) is 8.31. The maximum absolute atomic E-state index is 4.67. The minimum atomic E-state index is 0.466. The van der Waals surface area contributed by atoms with E-state index in [0.717, 1.165) is 33.9 Å². The van der Waals surface area contributed by atoms with Crippen molar-refractivity contribution in [1.82, 2.24) is 9.97 Å². The maximum Gasteiger partial charge on any atom is 0.144 e. The van der Waals surface area contributed by atoms with Crippen LogP contribution in [0.15, 0.2) is 6.20 Å². The molecule has 2 rings (SSSR count). The molecular formula is C11H16IN3S2. The van der Waals surface area contributed by atoms with Gasteiger partial charge in [0.05, 0.1) is 8.82 Å². The van der Waals surface area contributed by atoms with E-state index in [4.69, 9.17) is 0 Å². The van der Waals surface area contributed by atoms with Gasteiger partial charge in [-0.15, -0.1) is 11.8 Å². The SMILES string of the molecule is CCCNc1nc(C2CSCCS2)ncc1I. The molecule has 0 aliphatic carbocycles. The van der Waals surface area contributed by atoms with Crippen molar-refractivity contribution in [2.45, 2.75) is 18.6 Å². The second kappa shape index (κ2) is 7.04. The predicted molar refractivity (Wildman–Crippen MR) is 86.1 cm³/mol. The molecule has 0 bridgehead atoms. The highest BCUT2D eigenvalue weighted by molar-refractivity contribution is 14.1. The number of rotatable bonds is 4. The summed E-state index contributed by atoms with van der Waals surface area (Å²) in [7, 11) is 0. The van der Waals surface area contributed by atoms with E-state index in [1.807, 2.05) is 29.7 Å². The van der Waals surface area contributed by atoms with Crippen LogP contribution in [-0.2, 0) is 0 Å². The number of nitrogens with zero attached hydrogens (tertiary/aromatic N) is 2. The van der Waals surface area contributed by atoms with Gasteiger partial charge in [0.25, 0.3) is 0 Å². The van der Waals surface area contributed by atoms with Gasteiger partial charge in [-0.25, -0.2) is 9.97 Å². The number of aromatic nitrogens is 2. The fraction of sp³-hybridized carbons (Fsp3) is 0.636. The lowest BCUT2D eigenvalue weighted by Crippen LogP contribution is -2.13. The van der Waals surface area contributed by atoms with Crippen molar-refractivity contribution in [3.63, 3.8) is 0 Å². The van der Waals surface area contributed by atoms with Crippen molar-refractivity contribution in [3.8, 4) is 0 Å². The zero-order valence-corrected chi connectivity index (χ0v) is 13.6. The molecule has 0 spiro atoms. The number of hydrogen-bond acceptors (Lipinski definition) is 5.